The molecule has 0 amide bonds. The normalized spacial score (nSPS) is 12.2. The van der Waals surface area contributed by atoms with E-state index >= 15 is 0 Å². The van der Waals surface area contributed by atoms with Crippen LogP contribution >= 0.6 is 0 Å². The highest BCUT2D eigenvalue weighted by atomic mass is 14.8. The van der Waals surface area contributed by atoms with Crippen molar-refractivity contribution >= 4 is 22.4 Å². The van der Waals surface area contributed by atoms with E-state index in [9.17, 15) is 0 Å². The van der Waals surface area contributed by atoms with E-state index < -0.39 is 5.92 Å². The molecule has 0 fully saturated rings. The number of hydrogen-bond donors (Lipinski definition) is 4. The average molecular weight is 226 g/mol. The van der Waals surface area contributed by atoms with E-state index in [4.69, 9.17) is 22.3 Å². The van der Waals surface area contributed by atoms with Crippen molar-refractivity contribution in [2.75, 3.05) is 0 Å². The number of fused-ring (bicyclic) bond motifs is 1. The Labute approximate surface area is 99.3 Å². The summed E-state index contributed by atoms with van der Waals surface area (Å²) < 4.78 is 0. The lowest BCUT2D eigenvalue weighted by molar-refractivity contribution is 1.12. The number of rotatable bonds is 3. The third-order valence-corrected chi connectivity index (χ3v) is 2.76. The highest BCUT2D eigenvalue weighted by molar-refractivity contribution is 6.09. The van der Waals surface area contributed by atoms with Crippen molar-refractivity contribution in [3.8, 4) is 0 Å². The van der Waals surface area contributed by atoms with Gasteiger partial charge in [0.15, 0.2) is 0 Å². The van der Waals surface area contributed by atoms with Crippen LogP contribution in [0, 0.1) is 10.8 Å². The van der Waals surface area contributed by atoms with Gasteiger partial charge in [0.2, 0.25) is 0 Å². The van der Waals surface area contributed by atoms with Crippen LogP contribution in [0.25, 0.3) is 10.8 Å². The van der Waals surface area contributed by atoms with Gasteiger partial charge < -0.3 is 11.5 Å². The molecule has 2 rings (SSSR count). The number of nitrogens with two attached hydrogens (primary N) is 2. The summed E-state index contributed by atoms with van der Waals surface area (Å²) in [5.41, 5.74) is 11.9. The molecule has 0 heterocycles. The topological polar surface area (TPSA) is 99.7 Å². The number of benzene rings is 2. The molecule has 2 aromatic rings. The third-order valence-electron chi connectivity index (χ3n) is 2.76. The Morgan fingerprint density at radius 3 is 2.12 bits per heavy atom. The highest BCUT2D eigenvalue weighted by Gasteiger charge is 2.20. The van der Waals surface area contributed by atoms with E-state index in [1.807, 2.05) is 42.5 Å². The number of hydrogen-bond acceptors (Lipinski definition) is 2. The van der Waals surface area contributed by atoms with Gasteiger partial charge in [0, 0.05) is 0 Å². The van der Waals surface area contributed by atoms with Crippen LogP contribution in [0.15, 0.2) is 42.5 Å². The van der Waals surface area contributed by atoms with E-state index in [0.717, 1.165) is 16.3 Å². The molecule has 0 spiro atoms. The second-order valence-electron chi connectivity index (χ2n) is 3.91. The van der Waals surface area contributed by atoms with Crippen LogP contribution in [0.4, 0.5) is 0 Å². The lowest BCUT2D eigenvalue weighted by Crippen LogP contribution is -2.32. The van der Waals surface area contributed by atoms with E-state index in [-0.39, 0.29) is 11.7 Å². The van der Waals surface area contributed by atoms with Crippen molar-refractivity contribution in [1.82, 2.24) is 0 Å². The highest BCUT2D eigenvalue weighted by Crippen LogP contribution is 2.25. The van der Waals surface area contributed by atoms with Crippen molar-refractivity contribution < 1.29 is 0 Å². The zero-order valence-corrected chi connectivity index (χ0v) is 9.27. The third kappa shape index (κ3) is 1.97. The monoisotopic (exact) mass is 226 g/mol. The molecule has 0 radical (unpaired) electrons. The molecule has 17 heavy (non-hydrogen) atoms. The van der Waals surface area contributed by atoms with Gasteiger partial charge in [-0.25, -0.2) is 0 Å². The molecule has 0 aliphatic heterocycles. The fourth-order valence-corrected chi connectivity index (χ4v) is 2.00. The molecule has 6 N–H and O–H groups in total. The maximum absolute atomic E-state index is 7.55. The van der Waals surface area contributed by atoms with Crippen LogP contribution < -0.4 is 11.5 Å². The van der Waals surface area contributed by atoms with E-state index in [0.29, 0.717) is 0 Å². The molecule has 0 aliphatic carbocycles. The molecule has 0 atom stereocenters. The zero-order chi connectivity index (χ0) is 12.4. The molecule has 2 aromatic carbocycles. The predicted molar refractivity (Wildman–Crippen MR) is 70.5 cm³/mol. The van der Waals surface area contributed by atoms with Gasteiger partial charge in [-0.2, -0.15) is 0 Å². The van der Waals surface area contributed by atoms with Gasteiger partial charge in [0.05, 0.1) is 5.92 Å². The summed E-state index contributed by atoms with van der Waals surface area (Å²) in [6, 6.07) is 13.5. The summed E-state index contributed by atoms with van der Waals surface area (Å²) in [7, 11) is 0. The molecule has 0 saturated heterocycles. The first kappa shape index (κ1) is 11.1. The molecule has 86 valence electrons. The smallest absolute Gasteiger partial charge is 0.106 e. The van der Waals surface area contributed by atoms with Gasteiger partial charge >= 0.3 is 0 Å². The van der Waals surface area contributed by atoms with Crippen LogP contribution in [0.2, 0.25) is 0 Å². The molecule has 0 saturated carbocycles. The van der Waals surface area contributed by atoms with Gasteiger partial charge in [-0.1, -0.05) is 42.5 Å². The fraction of sp³-hybridized carbons (Fsp3) is 0.0769. The summed E-state index contributed by atoms with van der Waals surface area (Å²) in [4.78, 5) is 0. The Balaban J connectivity index is 2.69. The molecule has 0 unspecified atom stereocenters. The van der Waals surface area contributed by atoms with Gasteiger partial charge in [0.25, 0.3) is 0 Å². The first-order chi connectivity index (χ1) is 8.11. The Morgan fingerprint density at radius 1 is 0.882 bits per heavy atom. The lowest BCUT2D eigenvalue weighted by Gasteiger charge is -2.16. The molecule has 0 aliphatic rings. The van der Waals surface area contributed by atoms with Gasteiger partial charge in [-0.15, -0.1) is 0 Å². The Bertz CT molecular complexity index is 569. The maximum Gasteiger partial charge on any atom is 0.106 e. The molecular formula is C13H14N4. The van der Waals surface area contributed by atoms with Crippen molar-refractivity contribution in [2.24, 2.45) is 11.5 Å². The summed E-state index contributed by atoms with van der Waals surface area (Å²) in [5, 5.41) is 17.1. The van der Waals surface area contributed by atoms with E-state index in [1.54, 1.807) is 0 Å². The van der Waals surface area contributed by atoms with Crippen molar-refractivity contribution in [2.45, 2.75) is 5.92 Å². The molecule has 0 aromatic heterocycles. The number of nitrogens with one attached hydrogen (secondary N) is 2. The van der Waals surface area contributed by atoms with Gasteiger partial charge in [0.1, 0.15) is 11.7 Å². The first-order valence-electron chi connectivity index (χ1n) is 5.26. The van der Waals surface area contributed by atoms with Gasteiger partial charge in [-0.05, 0) is 16.3 Å². The average Bonchev–Trinajstić information content (AvgIpc) is 2.28. The summed E-state index contributed by atoms with van der Waals surface area (Å²) in [5.74, 6) is -0.844. The molecule has 0 bridgehead atoms. The Morgan fingerprint density at radius 2 is 1.47 bits per heavy atom. The van der Waals surface area contributed by atoms with Crippen LogP contribution in [0.3, 0.4) is 0 Å². The van der Waals surface area contributed by atoms with Crippen LogP contribution in [-0.2, 0) is 0 Å². The van der Waals surface area contributed by atoms with E-state index in [1.165, 1.54) is 0 Å². The second-order valence-corrected chi connectivity index (χ2v) is 3.91. The Hall–Kier alpha value is -2.36. The summed E-state index contributed by atoms with van der Waals surface area (Å²) in [6.07, 6.45) is 0. The Kier molecular flexibility index (Phi) is 2.78. The van der Waals surface area contributed by atoms with Crippen LogP contribution in [0.1, 0.15) is 11.5 Å². The molecular weight excluding hydrogens is 212 g/mol. The molecule has 4 heteroatoms. The fourth-order valence-electron chi connectivity index (χ4n) is 2.00. The first-order valence-corrected chi connectivity index (χ1v) is 5.26. The number of amidine groups is 2. The minimum absolute atomic E-state index is 0.103. The van der Waals surface area contributed by atoms with Crippen LogP contribution in [-0.4, -0.2) is 11.7 Å². The standard InChI is InChI=1S/C13H14N4/c14-12(15)11(13(16)17)10-7-3-5-8-4-1-2-6-9(8)10/h1-7,11H,(H3,14,15)(H3,16,17). The van der Waals surface area contributed by atoms with Gasteiger partial charge in [-0.3, -0.25) is 10.8 Å². The minimum atomic E-state index is -0.638. The van der Waals surface area contributed by atoms with Crippen molar-refractivity contribution in [3.05, 3.63) is 48.0 Å². The molecule has 4 nitrogen and oxygen atoms in total. The lowest BCUT2D eigenvalue weighted by atomic mass is 9.92. The van der Waals surface area contributed by atoms with E-state index in [2.05, 4.69) is 0 Å². The predicted octanol–water partition coefficient (Wildman–Crippen LogP) is 1.80. The van der Waals surface area contributed by atoms with Crippen molar-refractivity contribution in [3.63, 3.8) is 0 Å². The SMILES string of the molecule is N=C(N)C(C(=N)N)c1cccc2ccccc12. The second kappa shape index (κ2) is 4.25. The van der Waals surface area contributed by atoms with Crippen LogP contribution in [0.5, 0.6) is 0 Å². The largest absolute Gasteiger partial charge is 0.387 e. The maximum atomic E-state index is 7.55. The van der Waals surface area contributed by atoms with Crippen molar-refractivity contribution in [1.29, 1.82) is 10.8 Å². The summed E-state index contributed by atoms with van der Waals surface area (Å²) >= 11 is 0. The minimum Gasteiger partial charge on any atom is -0.387 e. The quantitative estimate of drug-likeness (QED) is 0.474. The summed E-state index contributed by atoms with van der Waals surface area (Å²) in [6.45, 7) is 0. The zero-order valence-electron chi connectivity index (χ0n) is 9.27.